The Morgan fingerprint density at radius 1 is 1.13 bits per heavy atom. The molecule has 0 radical (unpaired) electrons. The predicted octanol–water partition coefficient (Wildman–Crippen LogP) is 4.43. The van der Waals surface area contributed by atoms with Gasteiger partial charge in [0.05, 0.1) is 16.4 Å². The van der Waals surface area contributed by atoms with Gasteiger partial charge in [-0.15, -0.1) is 0 Å². The number of amides is 3. The smallest absolute Gasteiger partial charge is 0.287 e. The first-order chi connectivity index (χ1) is 18.4. The molecule has 2 aliphatic rings. The molecule has 0 bridgehead atoms. The second-order valence-corrected chi connectivity index (χ2v) is 10.6. The minimum atomic E-state index is -0.956. The number of carbonyl (C=O) groups excluding carboxylic acids is 3. The van der Waals surface area contributed by atoms with Crippen molar-refractivity contribution in [2.24, 2.45) is 0 Å². The SMILES string of the molecule is O=C1Cn2c(C(=O)NC3CCCC3)nc(NC(=O)c3nsc4ccccc34)c2C(c2cc(F)ccc2Cl)N1. The van der Waals surface area contributed by atoms with E-state index in [2.05, 4.69) is 25.3 Å². The Labute approximate surface area is 225 Å². The molecule has 0 saturated heterocycles. The Morgan fingerprint density at radius 3 is 2.74 bits per heavy atom. The van der Waals surface area contributed by atoms with Gasteiger partial charge in [-0.2, -0.15) is 4.37 Å². The normalized spacial score (nSPS) is 17.3. The summed E-state index contributed by atoms with van der Waals surface area (Å²) in [7, 11) is 0. The maximum atomic E-state index is 14.2. The summed E-state index contributed by atoms with van der Waals surface area (Å²) in [4.78, 5) is 43.9. The predicted molar refractivity (Wildman–Crippen MR) is 141 cm³/mol. The lowest BCUT2D eigenvalue weighted by Gasteiger charge is -2.28. The summed E-state index contributed by atoms with van der Waals surface area (Å²) in [5.74, 6) is -1.87. The van der Waals surface area contributed by atoms with Crippen LogP contribution in [-0.4, -0.2) is 37.7 Å². The van der Waals surface area contributed by atoms with Crippen molar-refractivity contribution in [3.63, 3.8) is 0 Å². The lowest BCUT2D eigenvalue weighted by atomic mass is 10.0. The number of rotatable bonds is 5. The van der Waals surface area contributed by atoms with Crippen molar-refractivity contribution in [2.45, 2.75) is 44.3 Å². The van der Waals surface area contributed by atoms with Crippen LogP contribution in [0.5, 0.6) is 0 Å². The number of nitrogens with zero attached hydrogens (tertiary/aromatic N) is 3. The number of benzene rings is 2. The third-order valence-corrected chi connectivity index (χ3v) is 8.05. The van der Waals surface area contributed by atoms with Gasteiger partial charge in [-0.1, -0.05) is 42.6 Å². The Morgan fingerprint density at radius 2 is 1.92 bits per heavy atom. The largest absolute Gasteiger partial charge is 0.347 e. The molecule has 3 amide bonds. The van der Waals surface area contributed by atoms with E-state index in [1.807, 2.05) is 18.2 Å². The van der Waals surface area contributed by atoms with Crippen LogP contribution in [0.4, 0.5) is 10.2 Å². The number of aromatic nitrogens is 3. The first kappa shape index (κ1) is 24.5. The van der Waals surface area contributed by atoms with Crippen LogP contribution in [0.1, 0.15) is 64.1 Å². The summed E-state index contributed by atoms with van der Waals surface area (Å²) in [5, 5.41) is 9.49. The van der Waals surface area contributed by atoms with E-state index in [0.717, 1.165) is 30.4 Å². The Hall–Kier alpha value is -3.83. The molecule has 194 valence electrons. The Bertz CT molecular complexity index is 1600. The van der Waals surface area contributed by atoms with Crippen molar-refractivity contribution in [1.82, 2.24) is 24.6 Å². The summed E-state index contributed by atoms with van der Waals surface area (Å²) < 4.78 is 20.9. The molecular weight excluding hydrogens is 531 g/mol. The highest BCUT2D eigenvalue weighted by Crippen LogP contribution is 2.36. The molecule has 1 aliphatic carbocycles. The maximum Gasteiger partial charge on any atom is 0.287 e. The molecule has 6 rings (SSSR count). The lowest BCUT2D eigenvalue weighted by Crippen LogP contribution is -2.42. The van der Waals surface area contributed by atoms with Crippen molar-refractivity contribution >= 4 is 56.8 Å². The highest BCUT2D eigenvalue weighted by atomic mass is 35.5. The minimum absolute atomic E-state index is 0.0146. The van der Waals surface area contributed by atoms with E-state index in [1.165, 1.54) is 34.3 Å². The number of hydrogen-bond acceptors (Lipinski definition) is 6. The van der Waals surface area contributed by atoms with Crippen molar-refractivity contribution < 1.29 is 18.8 Å². The molecule has 0 spiro atoms. The number of halogens is 2. The number of fused-ring (bicyclic) bond motifs is 2. The number of imidazole rings is 1. The van der Waals surface area contributed by atoms with Crippen LogP contribution in [-0.2, 0) is 11.3 Å². The minimum Gasteiger partial charge on any atom is -0.347 e. The van der Waals surface area contributed by atoms with Gasteiger partial charge < -0.3 is 20.5 Å². The van der Waals surface area contributed by atoms with Gasteiger partial charge in [-0.05, 0) is 48.6 Å². The van der Waals surface area contributed by atoms with Crippen molar-refractivity contribution in [2.75, 3.05) is 5.32 Å². The fourth-order valence-corrected chi connectivity index (χ4v) is 6.10. The third kappa shape index (κ3) is 4.41. The van der Waals surface area contributed by atoms with E-state index in [4.69, 9.17) is 11.6 Å². The Balaban J connectivity index is 1.45. The van der Waals surface area contributed by atoms with Gasteiger partial charge >= 0.3 is 0 Å². The van der Waals surface area contributed by atoms with Gasteiger partial charge in [0.25, 0.3) is 11.8 Å². The van der Waals surface area contributed by atoms with Crippen LogP contribution in [0.15, 0.2) is 42.5 Å². The maximum absolute atomic E-state index is 14.2. The lowest BCUT2D eigenvalue weighted by molar-refractivity contribution is -0.123. The number of hydrogen-bond donors (Lipinski definition) is 3. The fraction of sp³-hybridized carbons (Fsp3) is 0.269. The van der Waals surface area contributed by atoms with Gasteiger partial charge in [0.1, 0.15) is 18.1 Å². The molecule has 2 aromatic heterocycles. The summed E-state index contributed by atoms with van der Waals surface area (Å²) in [6.07, 6.45) is 3.77. The van der Waals surface area contributed by atoms with Crippen LogP contribution in [0.25, 0.3) is 10.1 Å². The first-order valence-electron chi connectivity index (χ1n) is 12.2. The van der Waals surface area contributed by atoms with Crippen LogP contribution < -0.4 is 16.0 Å². The molecule has 1 aliphatic heterocycles. The van der Waals surface area contributed by atoms with E-state index in [9.17, 15) is 18.8 Å². The zero-order valence-corrected chi connectivity index (χ0v) is 21.5. The van der Waals surface area contributed by atoms with Gasteiger partial charge in [-0.25, -0.2) is 9.37 Å². The zero-order valence-electron chi connectivity index (χ0n) is 20.0. The molecule has 3 heterocycles. The van der Waals surface area contributed by atoms with E-state index >= 15 is 0 Å². The van der Waals surface area contributed by atoms with Crippen LogP contribution in [0.2, 0.25) is 5.02 Å². The molecule has 2 aromatic carbocycles. The Kier molecular flexibility index (Phi) is 6.32. The summed E-state index contributed by atoms with van der Waals surface area (Å²) in [6, 6.07) is 10.2. The van der Waals surface area contributed by atoms with Gasteiger partial charge in [-0.3, -0.25) is 14.4 Å². The highest BCUT2D eigenvalue weighted by molar-refractivity contribution is 7.13. The molecule has 38 heavy (non-hydrogen) atoms. The van der Waals surface area contributed by atoms with E-state index in [0.29, 0.717) is 11.1 Å². The summed E-state index contributed by atoms with van der Waals surface area (Å²) in [5.41, 5.74) is 0.810. The average molecular weight is 553 g/mol. The molecule has 1 saturated carbocycles. The van der Waals surface area contributed by atoms with Crippen LogP contribution >= 0.6 is 23.1 Å². The zero-order chi connectivity index (χ0) is 26.4. The molecule has 1 unspecified atom stereocenters. The summed E-state index contributed by atoms with van der Waals surface area (Å²) in [6.45, 7) is -0.200. The van der Waals surface area contributed by atoms with Crippen molar-refractivity contribution in [3.05, 3.63) is 76.1 Å². The molecule has 9 nitrogen and oxygen atoms in total. The van der Waals surface area contributed by atoms with Crippen LogP contribution in [0, 0.1) is 5.82 Å². The number of anilines is 1. The van der Waals surface area contributed by atoms with Crippen molar-refractivity contribution in [1.29, 1.82) is 0 Å². The quantitative estimate of drug-likeness (QED) is 0.338. The average Bonchev–Trinajstić information content (AvgIpc) is 3.64. The summed E-state index contributed by atoms with van der Waals surface area (Å²) >= 11 is 7.60. The van der Waals surface area contributed by atoms with E-state index in [-0.39, 0.29) is 40.5 Å². The molecular formula is C26H22ClFN6O3S. The molecule has 12 heteroatoms. The molecule has 4 aromatic rings. The number of nitrogens with one attached hydrogen (secondary N) is 3. The first-order valence-corrected chi connectivity index (χ1v) is 13.4. The molecule has 1 fully saturated rings. The second-order valence-electron chi connectivity index (χ2n) is 9.36. The van der Waals surface area contributed by atoms with Crippen LogP contribution in [0.3, 0.4) is 0 Å². The van der Waals surface area contributed by atoms with Gasteiger partial charge in [0.2, 0.25) is 11.7 Å². The second kappa shape index (κ2) is 9.80. The fourth-order valence-electron chi connectivity index (χ4n) is 5.10. The van der Waals surface area contributed by atoms with Gasteiger partial charge in [0, 0.05) is 22.0 Å². The molecule has 3 N–H and O–H groups in total. The highest BCUT2D eigenvalue weighted by Gasteiger charge is 2.36. The van der Waals surface area contributed by atoms with Crippen molar-refractivity contribution in [3.8, 4) is 0 Å². The monoisotopic (exact) mass is 552 g/mol. The van der Waals surface area contributed by atoms with E-state index in [1.54, 1.807) is 6.07 Å². The molecule has 1 atom stereocenters. The van der Waals surface area contributed by atoms with Gasteiger partial charge in [0.15, 0.2) is 5.82 Å². The standard InChI is InChI=1S/C26H22ClFN6O3S/c27-17-10-9-13(28)11-16(17)20-22-23(32-25(36)21-15-7-3-4-8-18(15)38-33-21)31-24(34(22)12-19(35)30-20)26(37)29-14-5-1-2-6-14/h3-4,7-11,14,20H,1-2,5-6,12H2,(H,29,37)(H,30,35)(H,32,36). The third-order valence-electron chi connectivity index (χ3n) is 6.87. The van der Waals surface area contributed by atoms with E-state index < -0.39 is 29.6 Å². The number of carbonyl (C=O) groups is 3. The topological polar surface area (TPSA) is 118 Å².